The summed E-state index contributed by atoms with van der Waals surface area (Å²) < 4.78 is 19.0. The first-order valence-corrected chi connectivity index (χ1v) is 10.7. The van der Waals surface area contributed by atoms with Crippen LogP contribution in [0.25, 0.3) is 0 Å². The summed E-state index contributed by atoms with van der Waals surface area (Å²) >= 11 is 0. The number of carbonyl (C=O) groups is 1. The van der Waals surface area contributed by atoms with Gasteiger partial charge in [0, 0.05) is 44.5 Å². The van der Waals surface area contributed by atoms with E-state index < -0.39 is 0 Å². The number of halogens is 1. The molecule has 0 bridgehead atoms. The zero-order chi connectivity index (χ0) is 22.3. The Morgan fingerprint density at radius 1 is 1.03 bits per heavy atom. The molecule has 4 rings (SSSR count). The Balaban J connectivity index is 1.41. The molecule has 1 fully saturated rings. The number of nitrogens with one attached hydrogen (secondary N) is 1. The van der Waals surface area contributed by atoms with Gasteiger partial charge < -0.3 is 19.9 Å². The van der Waals surface area contributed by atoms with E-state index in [0.717, 1.165) is 43.1 Å². The highest BCUT2D eigenvalue weighted by Crippen LogP contribution is 2.21. The molecule has 0 spiro atoms. The number of benzene rings is 2. The number of hydrogen-bond acceptors (Lipinski definition) is 5. The Labute approximate surface area is 187 Å². The molecule has 7 heteroatoms. The molecule has 1 N–H and O–H groups in total. The van der Waals surface area contributed by atoms with Gasteiger partial charge in [-0.15, -0.1) is 0 Å². The first kappa shape index (κ1) is 21.8. The molecule has 0 saturated carbocycles. The summed E-state index contributed by atoms with van der Waals surface area (Å²) in [5.41, 5.74) is 2.27. The van der Waals surface area contributed by atoms with Gasteiger partial charge in [-0.2, -0.15) is 0 Å². The lowest BCUT2D eigenvalue weighted by atomic mass is 10.1. The molecular formula is C25H27FN4O2. The van der Waals surface area contributed by atoms with Gasteiger partial charge in [0.15, 0.2) is 0 Å². The molecule has 1 aromatic heterocycles. The molecule has 3 aromatic rings. The quantitative estimate of drug-likeness (QED) is 0.617. The normalized spacial score (nSPS) is 14.2. The van der Waals surface area contributed by atoms with Crippen LogP contribution in [0.15, 0.2) is 66.9 Å². The van der Waals surface area contributed by atoms with Gasteiger partial charge in [-0.05, 0) is 42.9 Å². The van der Waals surface area contributed by atoms with Crippen LogP contribution in [0.3, 0.4) is 0 Å². The van der Waals surface area contributed by atoms with Crippen molar-refractivity contribution in [2.75, 3.05) is 38.1 Å². The third-order valence-corrected chi connectivity index (χ3v) is 5.55. The number of hydrogen-bond donors (Lipinski definition) is 1. The fourth-order valence-electron chi connectivity index (χ4n) is 3.66. The Morgan fingerprint density at radius 3 is 2.56 bits per heavy atom. The van der Waals surface area contributed by atoms with Crippen molar-refractivity contribution in [3.05, 3.63) is 89.4 Å². The summed E-state index contributed by atoms with van der Waals surface area (Å²) in [5, 5.41) is 3.00. The predicted molar refractivity (Wildman–Crippen MR) is 122 cm³/mol. The second kappa shape index (κ2) is 10.2. The number of pyridine rings is 1. The number of carbonyl (C=O) groups excluding carboxylic acids is 1. The van der Waals surface area contributed by atoms with Crippen molar-refractivity contribution in [3.8, 4) is 5.75 Å². The van der Waals surface area contributed by atoms with E-state index in [2.05, 4.69) is 27.1 Å². The molecule has 0 unspecified atom stereocenters. The summed E-state index contributed by atoms with van der Waals surface area (Å²) in [4.78, 5) is 22.1. The Bertz CT molecular complexity index is 1050. The maximum atomic E-state index is 13.1. The van der Waals surface area contributed by atoms with Gasteiger partial charge in [0.25, 0.3) is 5.91 Å². The van der Waals surface area contributed by atoms with E-state index in [0.29, 0.717) is 17.9 Å². The van der Waals surface area contributed by atoms with Crippen LogP contribution in [-0.4, -0.2) is 49.0 Å². The molecule has 0 aliphatic carbocycles. The molecule has 1 saturated heterocycles. The molecule has 166 valence electrons. The number of aromatic nitrogens is 1. The van der Waals surface area contributed by atoms with Crippen molar-refractivity contribution in [2.45, 2.75) is 13.2 Å². The smallest absolute Gasteiger partial charge is 0.255 e. The molecule has 32 heavy (non-hydrogen) atoms. The second-order valence-corrected chi connectivity index (χ2v) is 7.87. The monoisotopic (exact) mass is 434 g/mol. The number of rotatable bonds is 7. The Morgan fingerprint density at radius 2 is 1.78 bits per heavy atom. The SMILES string of the molecule is CN1CCN(c2ncccc2CNC(=O)c2ccccc2OCc2ccc(F)cc2)CC1. The summed E-state index contributed by atoms with van der Waals surface area (Å²) in [5.74, 6) is 0.898. The van der Waals surface area contributed by atoms with E-state index in [1.165, 1.54) is 12.1 Å². The van der Waals surface area contributed by atoms with E-state index in [-0.39, 0.29) is 18.3 Å². The van der Waals surface area contributed by atoms with Crippen LogP contribution in [0.2, 0.25) is 0 Å². The van der Waals surface area contributed by atoms with Gasteiger partial charge in [-0.3, -0.25) is 4.79 Å². The zero-order valence-electron chi connectivity index (χ0n) is 18.1. The average molecular weight is 435 g/mol. The standard InChI is InChI=1S/C25H27FN4O2/c1-29-13-15-30(16-14-29)24-20(5-4-12-27-24)17-28-25(31)22-6-2-3-7-23(22)32-18-19-8-10-21(26)11-9-19/h2-12H,13-18H2,1H3,(H,28,31). The fraction of sp³-hybridized carbons (Fsp3) is 0.280. The minimum atomic E-state index is -0.292. The maximum Gasteiger partial charge on any atom is 0.255 e. The highest BCUT2D eigenvalue weighted by Gasteiger charge is 2.19. The molecule has 1 amide bonds. The molecule has 6 nitrogen and oxygen atoms in total. The topological polar surface area (TPSA) is 57.7 Å². The van der Waals surface area contributed by atoms with E-state index in [1.54, 1.807) is 36.5 Å². The van der Waals surface area contributed by atoms with Crippen LogP contribution in [0.4, 0.5) is 10.2 Å². The Kier molecular flexibility index (Phi) is 6.97. The molecule has 1 aliphatic rings. The molecular weight excluding hydrogens is 407 g/mol. The molecule has 1 aliphatic heterocycles. The number of para-hydroxylation sites is 1. The molecule has 2 aromatic carbocycles. The fourth-order valence-corrected chi connectivity index (χ4v) is 3.66. The van der Waals surface area contributed by atoms with E-state index in [1.807, 2.05) is 18.2 Å². The van der Waals surface area contributed by atoms with Crippen LogP contribution in [0.5, 0.6) is 5.75 Å². The van der Waals surface area contributed by atoms with Crippen LogP contribution >= 0.6 is 0 Å². The third kappa shape index (κ3) is 5.42. The van der Waals surface area contributed by atoms with Crippen LogP contribution in [0, 0.1) is 5.82 Å². The van der Waals surface area contributed by atoms with Gasteiger partial charge in [0.1, 0.15) is 24.0 Å². The largest absolute Gasteiger partial charge is 0.488 e. The number of nitrogens with zero attached hydrogens (tertiary/aromatic N) is 3. The molecule has 2 heterocycles. The third-order valence-electron chi connectivity index (χ3n) is 5.55. The molecule has 0 atom stereocenters. The van der Waals surface area contributed by atoms with E-state index in [4.69, 9.17) is 4.74 Å². The number of anilines is 1. The number of amides is 1. The number of piperazine rings is 1. The molecule has 0 radical (unpaired) electrons. The minimum absolute atomic E-state index is 0.215. The van der Waals surface area contributed by atoms with Crippen molar-refractivity contribution in [2.24, 2.45) is 0 Å². The first-order chi connectivity index (χ1) is 15.6. The minimum Gasteiger partial charge on any atom is -0.488 e. The lowest BCUT2D eigenvalue weighted by Gasteiger charge is -2.34. The van der Waals surface area contributed by atoms with Crippen molar-refractivity contribution >= 4 is 11.7 Å². The van der Waals surface area contributed by atoms with E-state index in [9.17, 15) is 9.18 Å². The average Bonchev–Trinajstić information content (AvgIpc) is 2.83. The van der Waals surface area contributed by atoms with Gasteiger partial charge in [0.05, 0.1) is 5.56 Å². The van der Waals surface area contributed by atoms with Crippen LogP contribution < -0.4 is 15.0 Å². The van der Waals surface area contributed by atoms with Gasteiger partial charge in [-0.25, -0.2) is 9.37 Å². The van der Waals surface area contributed by atoms with Crippen LogP contribution in [-0.2, 0) is 13.2 Å². The number of ether oxygens (including phenoxy) is 1. The van der Waals surface area contributed by atoms with Crippen molar-refractivity contribution in [1.82, 2.24) is 15.2 Å². The maximum absolute atomic E-state index is 13.1. The van der Waals surface area contributed by atoms with E-state index >= 15 is 0 Å². The van der Waals surface area contributed by atoms with Gasteiger partial charge in [0.2, 0.25) is 0 Å². The zero-order valence-corrected chi connectivity index (χ0v) is 18.1. The number of likely N-dealkylation sites (N-methyl/N-ethyl adjacent to an activating group) is 1. The van der Waals surface area contributed by atoms with Crippen molar-refractivity contribution < 1.29 is 13.9 Å². The first-order valence-electron chi connectivity index (χ1n) is 10.7. The highest BCUT2D eigenvalue weighted by atomic mass is 19.1. The van der Waals surface area contributed by atoms with Gasteiger partial charge >= 0.3 is 0 Å². The summed E-state index contributed by atoms with van der Waals surface area (Å²) in [7, 11) is 2.12. The second-order valence-electron chi connectivity index (χ2n) is 7.87. The highest BCUT2D eigenvalue weighted by molar-refractivity contribution is 5.96. The predicted octanol–water partition coefficient (Wildman–Crippen LogP) is 3.48. The van der Waals surface area contributed by atoms with Crippen molar-refractivity contribution in [3.63, 3.8) is 0 Å². The lowest BCUT2D eigenvalue weighted by Crippen LogP contribution is -2.45. The summed E-state index contributed by atoms with van der Waals surface area (Å²) in [6.07, 6.45) is 1.79. The van der Waals surface area contributed by atoms with Gasteiger partial charge in [-0.1, -0.05) is 30.3 Å². The lowest BCUT2D eigenvalue weighted by molar-refractivity contribution is 0.0946. The Hall–Kier alpha value is -3.45. The van der Waals surface area contributed by atoms with Crippen molar-refractivity contribution in [1.29, 1.82) is 0 Å². The summed E-state index contributed by atoms with van der Waals surface area (Å²) in [6.45, 7) is 4.42. The van der Waals surface area contributed by atoms with Crippen LogP contribution in [0.1, 0.15) is 21.5 Å². The summed E-state index contributed by atoms with van der Waals surface area (Å²) in [6, 6.07) is 17.1.